The predicted molar refractivity (Wildman–Crippen MR) is 133 cm³/mol. The smallest absolute Gasteiger partial charge is 0.222 e. The molecule has 1 saturated carbocycles. The fourth-order valence-corrected chi connectivity index (χ4v) is 5.46. The zero-order valence-corrected chi connectivity index (χ0v) is 20.7. The van der Waals surface area contributed by atoms with Crippen LogP contribution < -0.4 is 5.73 Å². The van der Waals surface area contributed by atoms with Gasteiger partial charge in [-0.1, -0.05) is 64.4 Å². The van der Waals surface area contributed by atoms with Gasteiger partial charge in [0.2, 0.25) is 5.91 Å². The van der Waals surface area contributed by atoms with Crippen LogP contribution in [0.4, 0.5) is 0 Å². The molecule has 0 spiro atoms. The molecule has 1 aliphatic carbocycles. The van der Waals surface area contributed by atoms with E-state index < -0.39 is 5.54 Å². The van der Waals surface area contributed by atoms with Crippen LogP contribution >= 0.6 is 0 Å². The summed E-state index contributed by atoms with van der Waals surface area (Å²) in [6.07, 6.45) is 17.7. The quantitative estimate of drug-likeness (QED) is 0.351. The fraction of sp³-hybridized carbons (Fsp3) is 0.815. The summed E-state index contributed by atoms with van der Waals surface area (Å²) in [6.45, 7) is 5.79. The molecule has 1 amide bonds. The molecule has 5 nitrogen and oxygen atoms in total. The molecule has 1 aliphatic heterocycles. The number of hydrogen-bond donors (Lipinski definition) is 2. The first-order chi connectivity index (χ1) is 15.4. The summed E-state index contributed by atoms with van der Waals surface area (Å²) in [5.41, 5.74) is 6.94. The van der Waals surface area contributed by atoms with Crippen LogP contribution in [0.15, 0.2) is 11.6 Å². The molecule has 3 N–H and O–H groups in total. The van der Waals surface area contributed by atoms with Gasteiger partial charge in [-0.05, 0) is 56.4 Å². The van der Waals surface area contributed by atoms with Crippen LogP contribution in [0, 0.1) is 17.2 Å². The average Bonchev–Trinajstić information content (AvgIpc) is 2.81. The monoisotopic (exact) mass is 445 g/mol. The third-order valence-corrected chi connectivity index (χ3v) is 7.73. The molecule has 0 atom stereocenters. The number of Topliss-reactive ketones (excluding diaryl/α,β-unsaturated/α-hetero) is 1. The van der Waals surface area contributed by atoms with Crippen molar-refractivity contribution in [1.82, 2.24) is 4.90 Å². The Kier molecular flexibility index (Phi) is 11.6. The second kappa shape index (κ2) is 13.9. The van der Waals surface area contributed by atoms with E-state index in [2.05, 4.69) is 13.8 Å². The minimum Gasteiger partial charge on any atom is -0.343 e. The molecule has 2 fully saturated rings. The molecular formula is C27H47N3O2. The van der Waals surface area contributed by atoms with Crippen molar-refractivity contribution >= 4 is 17.9 Å². The number of nitrogens with zero attached hydrogens (tertiary/aromatic N) is 1. The van der Waals surface area contributed by atoms with Crippen molar-refractivity contribution in [1.29, 1.82) is 5.41 Å². The maximum atomic E-state index is 13.3. The number of carbonyl (C=O) groups is 2. The van der Waals surface area contributed by atoms with Gasteiger partial charge in [-0.25, -0.2) is 0 Å². The number of nitrogens with one attached hydrogen (secondary N) is 1. The van der Waals surface area contributed by atoms with E-state index in [-0.39, 0.29) is 11.7 Å². The van der Waals surface area contributed by atoms with Crippen molar-refractivity contribution in [2.75, 3.05) is 13.1 Å². The zero-order valence-electron chi connectivity index (χ0n) is 20.7. The molecule has 32 heavy (non-hydrogen) atoms. The largest absolute Gasteiger partial charge is 0.343 e. The van der Waals surface area contributed by atoms with Crippen LogP contribution in [0.2, 0.25) is 0 Å². The van der Waals surface area contributed by atoms with Crippen molar-refractivity contribution in [3.8, 4) is 0 Å². The lowest BCUT2D eigenvalue weighted by Gasteiger charge is -2.35. The molecule has 0 aromatic rings. The standard InChI is InChI=1S/C27H47N3O2/c1-3-5-15-27(29,16-6-4-2)25(31)21-24(12-17-28)23-13-18-30(19-14-23)26(32)20-22-10-8-7-9-11-22/h12,17,22-23,28H,3-11,13-16,18-21,29H2,1-2H3/b24-12-,28-17?. The second-order valence-corrected chi connectivity index (χ2v) is 10.2. The fourth-order valence-electron chi connectivity index (χ4n) is 5.46. The number of nitrogens with two attached hydrogens (primary N) is 1. The van der Waals surface area contributed by atoms with Gasteiger partial charge < -0.3 is 16.0 Å². The van der Waals surface area contributed by atoms with Gasteiger partial charge in [0.05, 0.1) is 5.54 Å². The summed E-state index contributed by atoms with van der Waals surface area (Å²) in [7, 11) is 0. The van der Waals surface area contributed by atoms with Gasteiger partial charge in [0.25, 0.3) is 0 Å². The second-order valence-electron chi connectivity index (χ2n) is 10.2. The molecule has 0 aromatic heterocycles. The Morgan fingerprint density at radius 2 is 1.59 bits per heavy atom. The highest BCUT2D eigenvalue weighted by atomic mass is 16.2. The van der Waals surface area contributed by atoms with Crippen LogP contribution in [0.25, 0.3) is 0 Å². The van der Waals surface area contributed by atoms with Crippen molar-refractivity contribution in [3.05, 3.63) is 11.6 Å². The van der Waals surface area contributed by atoms with Crippen LogP contribution in [-0.2, 0) is 9.59 Å². The maximum Gasteiger partial charge on any atom is 0.222 e. The summed E-state index contributed by atoms with van der Waals surface area (Å²) >= 11 is 0. The number of rotatable bonds is 13. The van der Waals surface area contributed by atoms with E-state index in [1.165, 1.54) is 38.3 Å². The summed E-state index contributed by atoms with van der Waals surface area (Å²) in [6, 6.07) is 0. The minimum atomic E-state index is -0.746. The van der Waals surface area contributed by atoms with Gasteiger partial charge in [-0.2, -0.15) is 0 Å². The van der Waals surface area contributed by atoms with Crippen molar-refractivity contribution in [2.24, 2.45) is 17.6 Å². The molecule has 5 heteroatoms. The van der Waals surface area contributed by atoms with Crippen molar-refractivity contribution < 1.29 is 9.59 Å². The normalized spacial score (nSPS) is 19.2. The van der Waals surface area contributed by atoms with Gasteiger partial charge in [0, 0.05) is 32.1 Å². The van der Waals surface area contributed by atoms with Crippen LogP contribution in [0.1, 0.15) is 110 Å². The van der Waals surface area contributed by atoms with Crippen molar-refractivity contribution in [2.45, 2.75) is 116 Å². The topological polar surface area (TPSA) is 87.2 Å². The Hall–Kier alpha value is -1.49. The Morgan fingerprint density at radius 1 is 1.00 bits per heavy atom. The van der Waals surface area contributed by atoms with Gasteiger partial charge in [-0.3, -0.25) is 9.59 Å². The predicted octanol–water partition coefficient (Wildman–Crippen LogP) is 5.81. The van der Waals surface area contributed by atoms with E-state index in [0.29, 0.717) is 24.7 Å². The zero-order chi connectivity index (χ0) is 23.4. The molecule has 0 aromatic carbocycles. The molecule has 2 aliphatic rings. The molecule has 0 bridgehead atoms. The number of amides is 1. The Labute approximate surface area is 196 Å². The van der Waals surface area contributed by atoms with E-state index in [0.717, 1.165) is 70.0 Å². The highest BCUT2D eigenvalue weighted by Gasteiger charge is 2.34. The van der Waals surface area contributed by atoms with E-state index >= 15 is 0 Å². The Bertz CT molecular complexity index is 621. The third kappa shape index (κ3) is 8.13. The van der Waals surface area contributed by atoms with E-state index in [1.807, 2.05) is 11.0 Å². The molecule has 2 rings (SSSR count). The molecule has 0 unspecified atom stereocenters. The molecule has 0 radical (unpaired) electrons. The highest BCUT2D eigenvalue weighted by Crippen LogP contribution is 2.32. The molecule has 182 valence electrons. The number of hydrogen-bond acceptors (Lipinski definition) is 4. The van der Waals surface area contributed by atoms with E-state index in [4.69, 9.17) is 11.1 Å². The Morgan fingerprint density at radius 3 is 2.12 bits per heavy atom. The van der Waals surface area contributed by atoms with E-state index in [9.17, 15) is 9.59 Å². The summed E-state index contributed by atoms with van der Waals surface area (Å²) in [5, 5.41) is 7.62. The number of allylic oxidation sites excluding steroid dienone is 2. The first-order valence-corrected chi connectivity index (χ1v) is 13.2. The Balaban J connectivity index is 1.93. The van der Waals surface area contributed by atoms with Gasteiger partial charge >= 0.3 is 0 Å². The van der Waals surface area contributed by atoms with Gasteiger partial charge in [0.1, 0.15) is 0 Å². The molecular weight excluding hydrogens is 398 g/mol. The minimum absolute atomic E-state index is 0.128. The summed E-state index contributed by atoms with van der Waals surface area (Å²) in [5.74, 6) is 1.28. The van der Waals surface area contributed by atoms with Crippen molar-refractivity contribution in [3.63, 3.8) is 0 Å². The van der Waals surface area contributed by atoms with E-state index in [1.54, 1.807) is 0 Å². The lowest BCUT2D eigenvalue weighted by molar-refractivity contribution is -0.133. The highest BCUT2D eigenvalue weighted by molar-refractivity contribution is 5.90. The first-order valence-electron chi connectivity index (χ1n) is 13.2. The van der Waals surface area contributed by atoms with Gasteiger partial charge in [-0.15, -0.1) is 0 Å². The van der Waals surface area contributed by atoms with Crippen LogP contribution in [0.5, 0.6) is 0 Å². The average molecular weight is 446 g/mol. The van der Waals surface area contributed by atoms with Crippen LogP contribution in [0.3, 0.4) is 0 Å². The van der Waals surface area contributed by atoms with Gasteiger partial charge in [0.15, 0.2) is 5.78 Å². The number of ketones is 1. The SMILES string of the molecule is CCCCC(N)(CCCC)C(=O)C/C(=C/C=N)C1CCN(C(=O)CC2CCCCC2)CC1. The summed E-state index contributed by atoms with van der Waals surface area (Å²) in [4.78, 5) is 28.1. The molecule has 1 heterocycles. The number of piperidine rings is 1. The number of likely N-dealkylation sites (tertiary alicyclic amines) is 1. The lowest BCUT2D eigenvalue weighted by atomic mass is 9.78. The first kappa shape index (κ1) is 26.8. The van der Waals surface area contributed by atoms with Crippen LogP contribution in [-0.4, -0.2) is 41.4 Å². The number of carbonyl (C=O) groups excluding carboxylic acids is 2. The third-order valence-electron chi connectivity index (χ3n) is 7.73. The molecule has 1 saturated heterocycles. The lowest BCUT2D eigenvalue weighted by Crippen LogP contribution is -2.48. The number of unbranched alkanes of at least 4 members (excludes halogenated alkanes) is 2. The summed E-state index contributed by atoms with van der Waals surface area (Å²) < 4.78 is 0. The maximum absolute atomic E-state index is 13.3.